The number of nitrogens with one attached hydrogen (secondary N) is 2. The third kappa shape index (κ3) is 5.26. The van der Waals surface area contributed by atoms with E-state index in [0.717, 1.165) is 40.8 Å². The van der Waals surface area contributed by atoms with Crippen LogP contribution in [0.4, 0.5) is 10.7 Å². The fourth-order valence-corrected chi connectivity index (χ4v) is 6.95. The molecule has 0 fully saturated rings. The van der Waals surface area contributed by atoms with E-state index < -0.39 is 21.9 Å². The summed E-state index contributed by atoms with van der Waals surface area (Å²) in [4.78, 5) is 26.8. The highest BCUT2D eigenvalue weighted by Crippen LogP contribution is 2.39. The molecule has 0 aliphatic heterocycles. The Bertz CT molecular complexity index is 1400. The van der Waals surface area contributed by atoms with Crippen molar-refractivity contribution in [2.75, 3.05) is 16.6 Å². The standard InChI is InChI=1S/C26H28N2O5S2/c1-5-33-26(30)23-20-7-6-8-21(20)34-25(23)27-24(29)18-10-9-17(4)22(14-18)35(31,32)28-19-12-15(2)11-16(3)13-19/h9-14,28H,5-8H2,1-4H3,(H,27,29). The average molecular weight is 513 g/mol. The van der Waals surface area contributed by atoms with Gasteiger partial charge in [-0.05, 0) is 93.5 Å². The summed E-state index contributed by atoms with van der Waals surface area (Å²) in [7, 11) is -3.93. The van der Waals surface area contributed by atoms with Gasteiger partial charge in [-0.1, -0.05) is 12.1 Å². The highest BCUT2D eigenvalue weighted by atomic mass is 32.2. The maximum atomic E-state index is 13.2. The summed E-state index contributed by atoms with van der Waals surface area (Å²) in [6.45, 7) is 7.45. The molecule has 0 saturated heterocycles. The van der Waals surface area contributed by atoms with Gasteiger partial charge in [0.1, 0.15) is 5.00 Å². The van der Waals surface area contributed by atoms with Gasteiger partial charge in [-0.15, -0.1) is 11.3 Å². The minimum atomic E-state index is -3.93. The zero-order valence-electron chi connectivity index (χ0n) is 20.2. The smallest absolute Gasteiger partial charge is 0.341 e. The summed E-state index contributed by atoms with van der Waals surface area (Å²) in [5, 5.41) is 3.26. The molecule has 184 valence electrons. The number of carbonyl (C=O) groups is 2. The molecule has 4 rings (SSSR count). The van der Waals surface area contributed by atoms with Gasteiger partial charge in [0.2, 0.25) is 0 Å². The zero-order chi connectivity index (χ0) is 25.3. The summed E-state index contributed by atoms with van der Waals surface area (Å²) in [6.07, 6.45) is 2.60. The monoisotopic (exact) mass is 512 g/mol. The fourth-order valence-electron chi connectivity index (χ4n) is 4.36. The maximum Gasteiger partial charge on any atom is 0.341 e. The van der Waals surface area contributed by atoms with Gasteiger partial charge in [-0.2, -0.15) is 0 Å². The van der Waals surface area contributed by atoms with E-state index in [4.69, 9.17) is 4.74 Å². The molecule has 0 bridgehead atoms. The first-order valence-corrected chi connectivity index (χ1v) is 13.7. The number of esters is 1. The quantitative estimate of drug-likeness (QED) is 0.413. The molecule has 9 heteroatoms. The molecule has 2 N–H and O–H groups in total. The molecule has 0 spiro atoms. The predicted molar refractivity (Wildman–Crippen MR) is 138 cm³/mol. The Labute approximate surface area is 209 Å². The van der Waals surface area contributed by atoms with Crippen LogP contribution in [-0.2, 0) is 27.6 Å². The number of fused-ring (bicyclic) bond motifs is 1. The minimum absolute atomic E-state index is 0.0172. The van der Waals surface area contributed by atoms with Crippen molar-refractivity contribution in [2.45, 2.75) is 51.9 Å². The largest absolute Gasteiger partial charge is 0.462 e. The van der Waals surface area contributed by atoms with Crippen molar-refractivity contribution >= 4 is 43.9 Å². The van der Waals surface area contributed by atoms with Crippen molar-refractivity contribution in [2.24, 2.45) is 0 Å². The van der Waals surface area contributed by atoms with Crippen LogP contribution in [0.2, 0.25) is 0 Å². The third-order valence-electron chi connectivity index (χ3n) is 5.84. The van der Waals surface area contributed by atoms with Gasteiger partial charge < -0.3 is 10.1 Å². The van der Waals surface area contributed by atoms with Crippen LogP contribution in [-0.4, -0.2) is 26.9 Å². The van der Waals surface area contributed by atoms with E-state index in [1.807, 2.05) is 19.9 Å². The van der Waals surface area contributed by atoms with Gasteiger partial charge in [0, 0.05) is 16.1 Å². The van der Waals surface area contributed by atoms with Gasteiger partial charge in [0.25, 0.3) is 15.9 Å². The molecule has 1 aliphatic rings. The first kappa shape index (κ1) is 24.9. The number of carbonyl (C=O) groups excluding carboxylic acids is 2. The van der Waals surface area contributed by atoms with Crippen molar-refractivity contribution in [3.8, 4) is 0 Å². The topological polar surface area (TPSA) is 102 Å². The number of anilines is 2. The lowest BCUT2D eigenvalue weighted by atomic mass is 10.1. The molecular weight excluding hydrogens is 484 g/mol. The number of aryl methyl sites for hydroxylation is 4. The SMILES string of the molecule is CCOC(=O)c1c(NC(=O)c2ccc(C)c(S(=O)(=O)Nc3cc(C)cc(C)c3)c2)sc2c1CCC2. The molecule has 35 heavy (non-hydrogen) atoms. The lowest BCUT2D eigenvalue weighted by molar-refractivity contribution is 0.0527. The second-order valence-electron chi connectivity index (χ2n) is 8.70. The van der Waals surface area contributed by atoms with Crippen molar-refractivity contribution in [1.29, 1.82) is 0 Å². The lowest BCUT2D eigenvalue weighted by Gasteiger charge is -2.13. The summed E-state index contributed by atoms with van der Waals surface area (Å²) in [6, 6.07) is 10.0. The number of rotatable bonds is 7. The normalized spacial score (nSPS) is 12.8. The third-order valence-corrected chi connectivity index (χ3v) is 8.57. The zero-order valence-corrected chi connectivity index (χ0v) is 21.8. The van der Waals surface area contributed by atoms with Crippen molar-refractivity contribution in [3.63, 3.8) is 0 Å². The number of hydrogen-bond acceptors (Lipinski definition) is 6. The lowest BCUT2D eigenvalue weighted by Crippen LogP contribution is -2.18. The van der Waals surface area contributed by atoms with Crippen LogP contribution in [0.15, 0.2) is 41.3 Å². The molecule has 2 aromatic carbocycles. The summed E-state index contributed by atoms with van der Waals surface area (Å²) in [5.41, 5.74) is 4.38. The number of thiophene rings is 1. The number of sulfonamides is 1. The van der Waals surface area contributed by atoms with Crippen LogP contribution in [0.25, 0.3) is 0 Å². The van der Waals surface area contributed by atoms with Crippen LogP contribution < -0.4 is 10.0 Å². The molecule has 3 aromatic rings. The molecular formula is C26H28N2O5S2. The van der Waals surface area contributed by atoms with Crippen LogP contribution in [0.3, 0.4) is 0 Å². The highest BCUT2D eigenvalue weighted by Gasteiger charge is 2.29. The maximum absolute atomic E-state index is 13.2. The van der Waals surface area contributed by atoms with E-state index in [1.54, 1.807) is 38.1 Å². The van der Waals surface area contributed by atoms with Crippen LogP contribution in [0.1, 0.15) is 61.2 Å². The second kappa shape index (κ2) is 9.83. The minimum Gasteiger partial charge on any atom is -0.462 e. The molecule has 1 heterocycles. The van der Waals surface area contributed by atoms with E-state index in [-0.39, 0.29) is 17.1 Å². The Morgan fingerprint density at radius 2 is 1.74 bits per heavy atom. The van der Waals surface area contributed by atoms with E-state index in [0.29, 0.717) is 21.8 Å². The van der Waals surface area contributed by atoms with Crippen LogP contribution in [0, 0.1) is 20.8 Å². The number of hydrogen-bond donors (Lipinski definition) is 2. The Hall–Kier alpha value is -3.17. The van der Waals surface area contributed by atoms with Crippen LogP contribution in [0.5, 0.6) is 0 Å². The number of benzene rings is 2. The molecule has 0 unspecified atom stereocenters. The predicted octanol–water partition coefficient (Wildman–Crippen LogP) is 5.39. The average Bonchev–Trinajstić information content (AvgIpc) is 3.33. The molecule has 7 nitrogen and oxygen atoms in total. The molecule has 0 atom stereocenters. The first-order chi connectivity index (χ1) is 16.6. The first-order valence-electron chi connectivity index (χ1n) is 11.4. The van der Waals surface area contributed by atoms with Gasteiger partial charge in [0.05, 0.1) is 17.1 Å². The number of amides is 1. The summed E-state index contributed by atoms with van der Waals surface area (Å²) in [5.74, 6) is -0.939. The highest BCUT2D eigenvalue weighted by molar-refractivity contribution is 7.92. The van der Waals surface area contributed by atoms with Gasteiger partial charge in [0.15, 0.2) is 0 Å². The number of ether oxygens (including phenoxy) is 1. The van der Waals surface area contributed by atoms with Crippen molar-refractivity contribution in [1.82, 2.24) is 0 Å². The van der Waals surface area contributed by atoms with E-state index in [1.165, 1.54) is 17.4 Å². The molecule has 1 aromatic heterocycles. The summed E-state index contributed by atoms with van der Waals surface area (Å²) >= 11 is 1.38. The molecule has 1 aliphatic carbocycles. The fraction of sp³-hybridized carbons (Fsp3) is 0.308. The Kier molecular flexibility index (Phi) is 7.00. The Morgan fingerprint density at radius 3 is 2.43 bits per heavy atom. The van der Waals surface area contributed by atoms with Gasteiger partial charge >= 0.3 is 5.97 Å². The van der Waals surface area contributed by atoms with Crippen molar-refractivity contribution < 1.29 is 22.7 Å². The Balaban J connectivity index is 1.63. The van der Waals surface area contributed by atoms with E-state index in [2.05, 4.69) is 10.0 Å². The molecule has 1 amide bonds. The van der Waals surface area contributed by atoms with E-state index in [9.17, 15) is 18.0 Å². The second-order valence-corrected chi connectivity index (χ2v) is 11.5. The Morgan fingerprint density at radius 1 is 1.03 bits per heavy atom. The van der Waals surface area contributed by atoms with Gasteiger partial charge in [-0.3, -0.25) is 9.52 Å². The molecule has 0 saturated carbocycles. The summed E-state index contributed by atoms with van der Waals surface area (Å²) < 4.78 is 34.2. The molecule has 0 radical (unpaired) electrons. The van der Waals surface area contributed by atoms with Gasteiger partial charge in [-0.25, -0.2) is 13.2 Å². The van der Waals surface area contributed by atoms with E-state index >= 15 is 0 Å². The van der Waals surface area contributed by atoms with Crippen LogP contribution >= 0.6 is 11.3 Å². The van der Waals surface area contributed by atoms with Crippen molar-refractivity contribution in [3.05, 3.63) is 74.7 Å².